The molecular weight excluding hydrogens is 228 g/mol. The zero-order valence-electron chi connectivity index (χ0n) is 8.83. The Morgan fingerprint density at radius 2 is 2.31 bits per heavy atom. The highest BCUT2D eigenvalue weighted by molar-refractivity contribution is 6.68. The smallest absolute Gasteiger partial charge is 0.248 e. The molecule has 84 valence electrons. The highest BCUT2D eigenvalue weighted by Gasteiger charge is 2.14. The third-order valence-electron chi connectivity index (χ3n) is 2.43. The van der Waals surface area contributed by atoms with Gasteiger partial charge < -0.3 is 9.47 Å². The third kappa shape index (κ3) is 2.19. The molecule has 0 saturated carbocycles. The van der Waals surface area contributed by atoms with E-state index in [-0.39, 0.29) is 0 Å². The van der Waals surface area contributed by atoms with Crippen molar-refractivity contribution in [2.24, 2.45) is 0 Å². The van der Waals surface area contributed by atoms with Crippen molar-refractivity contribution in [2.45, 2.75) is 6.42 Å². The third-order valence-corrected chi connectivity index (χ3v) is 2.67. The van der Waals surface area contributed by atoms with Crippen molar-refractivity contribution in [2.75, 3.05) is 13.7 Å². The molecule has 0 fully saturated rings. The Kier molecular flexibility index (Phi) is 3.15. The largest absolute Gasteiger partial charge is 0.497 e. The van der Waals surface area contributed by atoms with E-state index in [9.17, 15) is 4.79 Å². The summed E-state index contributed by atoms with van der Waals surface area (Å²) in [5.41, 5.74) is 1.42. The summed E-state index contributed by atoms with van der Waals surface area (Å²) in [6, 6.07) is 5.47. The topological polar surface area (TPSA) is 35.5 Å². The first kappa shape index (κ1) is 11.0. The van der Waals surface area contributed by atoms with Crippen LogP contribution >= 0.6 is 11.6 Å². The highest BCUT2D eigenvalue weighted by atomic mass is 35.5. The van der Waals surface area contributed by atoms with Gasteiger partial charge in [0.1, 0.15) is 11.5 Å². The van der Waals surface area contributed by atoms with Crippen LogP contribution in [0.3, 0.4) is 0 Å². The summed E-state index contributed by atoms with van der Waals surface area (Å²) in [6.45, 7) is 0.449. The van der Waals surface area contributed by atoms with Crippen molar-refractivity contribution >= 4 is 22.9 Å². The minimum atomic E-state index is -0.424. The van der Waals surface area contributed by atoms with Gasteiger partial charge in [0.15, 0.2) is 0 Å². The molecule has 0 spiro atoms. The molecule has 1 aromatic carbocycles. The van der Waals surface area contributed by atoms with Crippen LogP contribution in [0, 0.1) is 0 Å². The monoisotopic (exact) mass is 238 g/mol. The molecule has 0 N–H and O–H groups in total. The first-order chi connectivity index (χ1) is 7.70. The van der Waals surface area contributed by atoms with Crippen LogP contribution in [0.5, 0.6) is 11.5 Å². The fourth-order valence-electron chi connectivity index (χ4n) is 1.57. The second-order valence-electron chi connectivity index (χ2n) is 3.45. The summed E-state index contributed by atoms with van der Waals surface area (Å²) in [6.07, 6.45) is 2.29. The van der Waals surface area contributed by atoms with Crippen molar-refractivity contribution in [1.29, 1.82) is 0 Å². The van der Waals surface area contributed by atoms with Gasteiger partial charge in [0, 0.05) is 23.6 Å². The van der Waals surface area contributed by atoms with E-state index in [0.29, 0.717) is 24.4 Å². The summed E-state index contributed by atoms with van der Waals surface area (Å²) >= 11 is 5.47. The number of ether oxygens (including phenoxy) is 2. The van der Waals surface area contributed by atoms with Gasteiger partial charge in [0.05, 0.1) is 13.7 Å². The highest BCUT2D eigenvalue weighted by Crippen LogP contribution is 2.30. The number of carbonyl (C=O) groups is 1. The van der Waals surface area contributed by atoms with Crippen LogP contribution in [-0.2, 0) is 4.79 Å². The SMILES string of the molecule is COc1ccc2c(c1)OCCC(C(=O)Cl)=C2. The van der Waals surface area contributed by atoms with Gasteiger partial charge in [0.25, 0.3) is 0 Å². The number of carbonyl (C=O) groups excluding carboxylic acids is 1. The number of methoxy groups -OCH3 is 1. The molecule has 16 heavy (non-hydrogen) atoms. The summed E-state index contributed by atoms with van der Waals surface area (Å²) in [7, 11) is 1.60. The summed E-state index contributed by atoms with van der Waals surface area (Å²) in [5, 5.41) is -0.424. The zero-order chi connectivity index (χ0) is 11.5. The molecule has 0 bridgehead atoms. The van der Waals surface area contributed by atoms with E-state index in [2.05, 4.69) is 0 Å². The van der Waals surface area contributed by atoms with Crippen molar-refractivity contribution in [3.63, 3.8) is 0 Å². The normalized spacial score (nSPS) is 14.2. The van der Waals surface area contributed by atoms with Gasteiger partial charge in [-0.1, -0.05) is 0 Å². The van der Waals surface area contributed by atoms with Crippen LogP contribution in [0.1, 0.15) is 12.0 Å². The van der Waals surface area contributed by atoms with Gasteiger partial charge in [0.2, 0.25) is 5.24 Å². The van der Waals surface area contributed by atoms with Gasteiger partial charge in [-0.2, -0.15) is 0 Å². The Labute approximate surface area is 98.6 Å². The zero-order valence-corrected chi connectivity index (χ0v) is 9.58. The van der Waals surface area contributed by atoms with Gasteiger partial charge in [-0.3, -0.25) is 4.79 Å². The molecule has 3 nitrogen and oxygen atoms in total. The molecule has 0 unspecified atom stereocenters. The van der Waals surface area contributed by atoms with Gasteiger partial charge in [-0.15, -0.1) is 0 Å². The number of rotatable bonds is 2. The molecule has 1 heterocycles. The lowest BCUT2D eigenvalue weighted by molar-refractivity contribution is -0.108. The fraction of sp³-hybridized carbons (Fsp3) is 0.250. The predicted molar refractivity (Wildman–Crippen MR) is 61.9 cm³/mol. The van der Waals surface area contributed by atoms with Crippen molar-refractivity contribution in [3.05, 3.63) is 29.3 Å². The van der Waals surface area contributed by atoms with E-state index >= 15 is 0 Å². The van der Waals surface area contributed by atoms with E-state index in [1.54, 1.807) is 19.3 Å². The molecule has 1 aliphatic heterocycles. The van der Waals surface area contributed by atoms with Crippen LogP contribution in [0.2, 0.25) is 0 Å². The molecular formula is C12H11ClO3. The average molecular weight is 239 g/mol. The standard InChI is InChI=1S/C12H11ClO3/c1-15-10-3-2-8-6-9(12(13)14)4-5-16-11(8)7-10/h2-3,6-7H,4-5H2,1H3. The van der Waals surface area contributed by atoms with Crippen LogP contribution < -0.4 is 9.47 Å². The summed E-state index contributed by atoms with van der Waals surface area (Å²) < 4.78 is 10.6. The van der Waals surface area contributed by atoms with Crippen molar-refractivity contribution in [3.8, 4) is 11.5 Å². The molecule has 4 heteroatoms. The Balaban J connectivity index is 2.42. The predicted octanol–water partition coefficient (Wildman–Crippen LogP) is 2.63. The maximum absolute atomic E-state index is 11.1. The van der Waals surface area contributed by atoms with E-state index in [1.165, 1.54) is 0 Å². The molecule has 0 radical (unpaired) electrons. The second-order valence-corrected chi connectivity index (χ2v) is 3.79. The lowest BCUT2D eigenvalue weighted by Crippen LogP contribution is -2.00. The maximum atomic E-state index is 11.1. The molecule has 1 aliphatic rings. The van der Waals surface area contributed by atoms with E-state index in [4.69, 9.17) is 21.1 Å². The number of halogens is 1. The van der Waals surface area contributed by atoms with Crippen LogP contribution in [0.4, 0.5) is 0 Å². The Hall–Kier alpha value is -1.48. The van der Waals surface area contributed by atoms with Crippen LogP contribution in [0.15, 0.2) is 23.8 Å². The molecule has 0 aromatic heterocycles. The van der Waals surface area contributed by atoms with Crippen molar-refractivity contribution < 1.29 is 14.3 Å². The Morgan fingerprint density at radius 1 is 1.50 bits per heavy atom. The van der Waals surface area contributed by atoms with Crippen molar-refractivity contribution in [1.82, 2.24) is 0 Å². The molecule has 0 amide bonds. The quantitative estimate of drug-likeness (QED) is 0.743. The summed E-state index contributed by atoms with van der Waals surface area (Å²) in [4.78, 5) is 11.1. The molecule has 0 atom stereocenters. The Bertz CT molecular complexity index is 452. The first-order valence-corrected chi connectivity index (χ1v) is 5.30. The molecule has 0 saturated heterocycles. The number of hydrogen-bond acceptors (Lipinski definition) is 3. The lowest BCUT2D eigenvalue weighted by Gasteiger charge is -2.07. The molecule has 1 aromatic rings. The van der Waals surface area contributed by atoms with E-state index in [0.717, 1.165) is 11.3 Å². The van der Waals surface area contributed by atoms with Gasteiger partial charge in [-0.25, -0.2) is 0 Å². The molecule has 2 rings (SSSR count). The average Bonchev–Trinajstić information content (AvgIpc) is 2.49. The maximum Gasteiger partial charge on any atom is 0.248 e. The Morgan fingerprint density at radius 3 is 3.00 bits per heavy atom. The van der Waals surface area contributed by atoms with Crippen LogP contribution in [-0.4, -0.2) is 19.0 Å². The van der Waals surface area contributed by atoms with Crippen LogP contribution in [0.25, 0.3) is 6.08 Å². The molecule has 0 aliphatic carbocycles. The number of fused-ring (bicyclic) bond motifs is 1. The number of benzene rings is 1. The van der Waals surface area contributed by atoms with E-state index in [1.807, 2.05) is 12.1 Å². The second kappa shape index (κ2) is 4.58. The minimum absolute atomic E-state index is 0.424. The lowest BCUT2D eigenvalue weighted by atomic mass is 10.1. The first-order valence-electron chi connectivity index (χ1n) is 4.92. The summed E-state index contributed by atoms with van der Waals surface area (Å²) in [5.74, 6) is 1.44. The van der Waals surface area contributed by atoms with E-state index < -0.39 is 5.24 Å². The fourth-order valence-corrected chi connectivity index (χ4v) is 1.72. The minimum Gasteiger partial charge on any atom is -0.497 e. The van der Waals surface area contributed by atoms with Gasteiger partial charge in [-0.05, 0) is 29.8 Å². The number of hydrogen-bond donors (Lipinski definition) is 0. The van der Waals surface area contributed by atoms with Gasteiger partial charge >= 0.3 is 0 Å².